The molecule has 0 spiro atoms. The quantitative estimate of drug-likeness (QED) is 0.726. The molecule has 0 heterocycles. The minimum absolute atomic E-state index is 0.179. The fourth-order valence-electron chi connectivity index (χ4n) is 1.76. The van der Waals surface area contributed by atoms with Gasteiger partial charge >= 0.3 is 0 Å². The van der Waals surface area contributed by atoms with Crippen molar-refractivity contribution in [3.63, 3.8) is 0 Å². The topological polar surface area (TPSA) is 12.0 Å². The minimum atomic E-state index is -0.204. The predicted octanol–water partition coefficient (Wildman–Crippen LogP) is 4.60. The van der Waals surface area contributed by atoms with Gasteiger partial charge in [-0.3, -0.25) is 0 Å². The molecule has 1 nitrogen and oxygen atoms in total. The van der Waals surface area contributed by atoms with E-state index in [2.05, 4.69) is 34.7 Å². The molecule has 1 unspecified atom stereocenters. The van der Waals surface area contributed by atoms with Gasteiger partial charge in [-0.15, -0.1) is 6.58 Å². The monoisotopic (exact) mass is 299 g/mol. The van der Waals surface area contributed by atoms with E-state index >= 15 is 0 Å². The van der Waals surface area contributed by atoms with Gasteiger partial charge in [-0.25, -0.2) is 4.39 Å². The van der Waals surface area contributed by atoms with E-state index < -0.39 is 0 Å². The second-order valence-corrected chi connectivity index (χ2v) is 4.81. The highest BCUT2D eigenvalue weighted by Gasteiger charge is 2.15. The molecule has 0 saturated heterocycles. The first-order valence-electron chi connectivity index (χ1n) is 5.98. The van der Waals surface area contributed by atoms with Crippen LogP contribution in [0.3, 0.4) is 0 Å². The van der Waals surface area contributed by atoms with Crippen LogP contribution in [0.25, 0.3) is 0 Å². The van der Waals surface area contributed by atoms with Crippen molar-refractivity contribution in [2.45, 2.75) is 32.2 Å². The number of nitrogens with one attached hydrogen (secondary N) is 1. The molecule has 1 atom stereocenters. The third-order valence-corrected chi connectivity index (χ3v) is 3.49. The van der Waals surface area contributed by atoms with Crippen LogP contribution in [0.5, 0.6) is 0 Å². The van der Waals surface area contributed by atoms with Crippen molar-refractivity contribution in [3.8, 4) is 0 Å². The zero-order chi connectivity index (χ0) is 12.7. The third-order valence-electron chi connectivity index (χ3n) is 2.66. The van der Waals surface area contributed by atoms with E-state index in [1.807, 2.05) is 12.1 Å². The Morgan fingerprint density at radius 2 is 2.29 bits per heavy atom. The van der Waals surface area contributed by atoms with E-state index in [0.29, 0.717) is 4.47 Å². The van der Waals surface area contributed by atoms with Gasteiger partial charge in [-0.1, -0.05) is 25.1 Å². The number of allylic oxidation sites excluding steroid dienone is 1. The minimum Gasteiger partial charge on any atom is -0.310 e. The lowest BCUT2D eigenvalue weighted by Crippen LogP contribution is -2.22. The van der Waals surface area contributed by atoms with Gasteiger partial charge < -0.3 is 5.32 Å². The van der Waals surface area contributed by atoms with E-state index in [-0.39, 0.29) is 11.9 Å². The van der Waals surface area contributed by atoms with Crippen LogP contribution >= 0.6 is 15.9 Å². The van der Waals surface area contributed by atoms with Gasteiger partial charge in [-0.2, -0.15) is 0 Å². The lowest BCUT2D eigenvalue weighted by Gasteiger charge is -2.20. The zero-order valence-electron chi connectivity index (χ0n) is 10.2. The fraction of sp³-hybridized carbons (Fsp3) is 0.429. The molecule has 1 N–H and O–H groups in total. The van der Waals surface area contributed by atoms with Crippen LogP contribution in [0, 0.1) is 5.82 Å². The average molecular weight is 300 g/mol. The van der Waals surface area contributed by atoms with Crippen LogP contribution in [-0.4, -0.2) is 6.54 Å². The van der Waals surface area contributed by atoms with E-state index in [1.54, 1.807) is 6.07 Å². The molecule has 3 heteroatoms. The Morgan fingerprint density at radius 1 is 1.53 bits per heavy atom. The molecule has 0 aliphatic rings. The van der Waals surface area contributed by atoms with E-state index in [1.165, 1.54) is 6.07 Å². The molecule has 1 aromatic carbocycles. The first-order valence-corrected chi connectivity index (χ1v) is 6.78. The molecule has 0 aliphatic heterocycles. The number of rotatable bonds is 7. The molecule has 0 bridgehead atoms. The molecule has 0 aromatic heterocycles. The van der Waals surface area contributed by atoms with Crippen LogP contribution in [0.15, 0.2) is 35.3 Å². The maximum absolute atomic E-state index is 13.5. The number of hydrogen-bond acceptors (Lipinski definition) is 1. The first-order chi connectivity index (χ1) is 8.20. The Balaban J connectivity index is 2.86. The van der Waals surface area contributed by atoms with E-state index in [0.717, 1.165) is 31.4 Å². The molecule has 0 saturated carbocycles. The highest BCUT2D eigenvalue weighted by molar-refractivity contribution is 9.10. The van der Waals surface area contributed by atoms with Gasteiger partial charge in [0.05, 0.1) is 4.47 Å². The summed E-state index contributed by atoms with van der Waals surface area (Å²) in [5, 5.41) is 3.44. The van der Waals surface area contributed by atoms with Crippen LogP contribution in [0.4, 0.5) is 4.39 Å². The summed E-state index contributed by atoms with van der Waals surface area (Å²) in [5.74, 6) is -0.204. The standard InChI is InChI=1S/C14H19BrFN/c1-3-5-9-13(17-10-4-2)11-7-6-8-12(16)14(11)15/h3,6-8,13,17H,1,4-5,9-10H2,2H3. The van der Waals surface area contributed by atoms with Crippen molar-refractivity contribution in [1.29, 1.82) is 0 Å². The SMILES string of the molecule is C=CCCC(NCCC)c1cccc(F)c1Br. The number of benzene rings is 1. The highest BCUT2D eigenvalue weighted by Crippen LogP contribution is 2.28. The first kappa shape index (κ1) is 14.4. The van der Waals surface area contributed by atoms with Crippen molar-refractivity contribution in [2.24, 2.45) is 0 Å². The van der Waals surface area contributed by atoms with Gasteiger partial charge in [0, 0.05) is 6.04 Å². The summed E-state index contributed by atoms with van der Waals surface area (Å²) < 4.78 is 14.1. The maximum Gasteiger partial charge on any atom is 0.137 e. The molecule has 0 fully saturated rings. The van der Waals surface area contributed by atoms with Crippen LogP contribution in [0.2, 0.25) is 0 Å². The average Bonchev–Trinajstić information content (AvgIpc) is 2.34. The van der Waals surface area contributed by atoms with Crippen molar-refractivity contribution in [3.05, 3.63) is 46.7 Å². The lowest BCUT2D eigenvalue weighted by molar-refractivity contribution is 0.496. The summed E-state index contributed by atoms with van der Waals surface area (Å²) in [6.45, 7) is 6.79. The number of halogens is 2. The molecule has 17 heavy (non-hydrogen) atoms. The molecular weight excluding hydrogens is 281 g/mol. The Labute approximate surface area is 111 Å². The fourth-order valence-corrected chi connectivity index (χ4v) is 2.30. The second-order valence-electron chi connectivity index (χ2n) is 4.02. The van der Waals surface area contributed by atoms with Gasteiger partial charge in [0.2, 0.25) is 0 Å². The van der Waals surface area contributed by atoms with Crippen LogP contribution in [0.1, 0.15) is 37.8 Å². The number of hydrogen-bond donors (Lipinski definition) is 1. The Hall–Kier alpha value is -0.670. The zero-order valence-corrected chi connectivity index (χ0v) is 11.8. The Bertz CT molecular complexity index is 365. The van der Waals surface area contributed by atoms with Crippen molar-refractivity contribution in [1.82, 2.24) is 5.32 Å². The molecule has 94 valence electrons. The van der Waals surface area contributed by atoms with E-state index in [9.17, 15) is 4.39 Å². The molecule has 0 aliphatic carbocycles. The van der Waals surface area contributed by atoms with Gasteiger partial charge in [0.1, 0.15) is 5.82 Å². The Kier molecular flexibility index (Phi) is 6.45. The molecule has 0 radical (unpaired) electrons. The summed E-state index contributed by atoms with van der Waals surface area (Å²) in [4.78, 5) is 0. The lowest BCUT2D eigenvalue weighted by atomic mass is 10.0. The summed E-state index contributed by atoms with van der Waals surface area (Å²) in [5.41, 5.74) is 0.986. The van der Waals surface area contributed by atoms with Crippen LogP contribution < -0.4 is 5.32 Å². The molecular formula is C14H19BrFN. The summed E-state index contributed by atoms with van der Waals surface area (Å²) in [6, 6.07) is 5.36. The molecule has 1 rings (SSSR count). The van der Waals surface area contributed by atoms with Crippen LogP contribution in [-0.2, 0) is 0 Å². The summed E-state index contributed by atoms with van der Waals surface area (Å²) >= 11 is 3.32. The maximum atomic E-state index is 13.5. The highest BCUT2D eigenvalue weighted by atomic mass is 79.9. The summed E-state index contributed by atoms with van der Waals surface area (Å²) in [6.07, 6.45) is 4.82. The van der Waals surface area contributed by atoms with Crippen molar-refractivity contribution in [2.75, 3.05) is 6.54 Å². The summed E-state index contributed by atoms with van der Waals surface area (Å²) in [7, 11) is 0. The van der Waals surface area contributed by atoms with Gasteiger partial charge in [0.15, 0.2) is 0 Å². The van der Waals surface area contributed by atoms with Gasteiger partial charge in [-0.05, 0) is 53.4 Å². The van der Waals surface area contributed by atoms with Gasteiger partial charge in [0.25, 0.3) is 0 Å². The normalized spacial score (nSPS) is 12.4. The largest absolute Gasteiger partial charge is 0.310 e. The molecule has 0 amide bonds. The third kappa shape index (κ3) is 4.25. The predicted molar refractivity (Wildman–Crippen MR) is 74.6 cm³/mol. The molecule has 1 aromatic rings. The smallest absolute Gasteiger partial charge is 0.137 e. The van der Waals surface area contributed by atoms with E-state index in [4.69, 9.17) is 0 Å². The van der Waals surface area contributed by atoms with Crippen molar-refractivity contribution < 1.29 is 4.39 Å². The second kappa shape index (κ2) is 7.62. The van der Waals surface area contributed by atoms with Crippen molar-refractivity contribution >= 4 is 15.9 Å². The Morgan fingerprint density at radius 3 is 2.94 bits per heavy atom.